The average molecular weight is 397 g/mol. The van der Waals surface area contributed by atoms with E-state index in [1.54, 1.807) is 6.33 Å². The van der Waals surface area contributed by atoms with Gasteiger partial charge in [-0.1, -0.05) is 30.3 Å². The number of anilines is 2. The number of amides is 1. The lowest BCUT2D eigenvalue weighted by Crippen LogP contribution is -2.35. The molecule has 0 saturated carbocycles. The van der Waals surface area contributed by atoms with Gasteiger partial charge in [0.1, 0.15) is 17.8 Å². The lowest BCUT2D eigenvalue weighted by Gasteiger charge is -2.34. The minimum atomic E-state index is -0.0890. The minimum absolute atomic E-state index is 0.0890. The molecule has 6 nitrogen and oxygen atoms in total. The number of benzene rings is 2. The molecule has 1 amide bonds. The number of carbonyl (C=O) groups excluding carboxylic acids is 1. The van der Waals surface area contributed by atoms with Crippen molar-refractivity contribution < 1.29 is 4.79 Å². The maximum Gasteiger partial charge on any atom is 0.255 e. The summed E-state index contributed by atoms with van der Waals surface area (Å²) in [5, 5.41) is 4.08. The number of nitrogens with one attached hydrogen (secondary N) is 2. The van der Waals surface area contributed by atoms with Crippen molar-refractivity contribution in [3.63, 3.8) is 0 Å². The van der Waals surface area contributed by atoms with E-state index in [0.29, 0.717) is 11.5 Å². The van der Waals surface area contributed by atoms with Crippen LogP contribution in [0.5, 0.6) is 0 Å². The fraction of sp³-hybridized carbons (Fsp3) is 0.208. The SMILES string of the molecule is O=C(Nc1cccc(C2CCCN(c3ncnc4[nH]ccc34)C2)c1)c1ccccc1. The van der Waals surface area contributed by atoms with Crippen molar-refractivity contribution in [3.05, 3.63) is 84.3 Å². The molecule has 1 unspecified atom stereocenters. The Morgan fingerprint density at radius 3 is 2.87 bits per heavy atom. The highest BCUT2D eigenvalue weighted by Gasteiger charge is 2.24. The molecule has 0 bridgehead atoms. The third kappa shape index (κ3) is 3.64. The number of carbonyl (C=O) groups is 1. The number of hydrogen-bond acceptors (Lipinski definition) is 4. The number of aromatic amines is 1. The van der Waals surface area contributed by atoms with Gasteiger partial charge in [-0.25, -0.2) is 9.97 Å². The molecule has 3 heterocycles. The monoisotopic (exact) mass is 397 g/mol. The number of aromatic nitrogens is 3. The van der Waals surface area contributed by atoms with Gasteiger partial charge < -0.3 is 15.2 Å². The highest BCUT2D eigenvalue weighted by atomic mass is 16.1. The van der Waals surface area contributed by atoms with Gasteiger partial charge in [-0.05, 0) is 48.7 Å². The van der Waals surface area contributed by atoms with E-state index in [9.17, 15) is 4.79 Å². The lowest BCUT2D eigenvalue weighted by molar-refractivity contribution is 0.102. The number of nitrogens with zero attached hydrogens (tertiary/aromatic N) is 3. The second-order valence-corrected chi connectivity index (χ2v) is 7.67. The summed E-state index contributed by atoms with van der Waals surface area (Å²) in [7, 11) is 0. The summed E-state index contributed by atoms with van der Waals surface area (Å²) < 4.78 is 0. The Morgan fingerprint density at radius 1 is 1.07 bits per heavy atom. The van der Waals surface area contributed by atoms with Crippen LogP contribution in [-0.2, 0) is 0 Å². The Kier molecular flexibility index (Phi) is 4.89. The van der Waals surface area contributed by atoms with Crippen LogP contribution < -0.4 is 10.2 Å². The molecule has 1 aliphatic rings. The van der Waals surface area contributed by atoms with Gasteiger partial charge in [-0.2, -0.15) is 0 Å². The number of hydrogen-bond donors (Lipinski definition) is 2. The minimum Gasteiger partial charge on any atom is -0.355 e. The summed E-state index contributed by atoms with van der Waals surface area (Å²) in [6.45, 7) is 1.88. The first kappa shape index (κ1) is 18.4. The Morgan fingerprint density at radius 2 is 1.97 bits per heavy atom. The van der Waals surface area contributed by atoms with Crippen LogP contribution in [0.2, 0.25) is 0 Å². The van der Waals surface area contributed by atoms with Gasteiger partial charge in [-0.3, -0.25) is 4.79 Å². The first-order chi connectivity index (χ1) is 14.8. The Hall–Kier alpha value is -3.67. The molecule has 1 fully saturated rings. The second kappa shape index (κ2) is 7.99. The van der Waals surface area contributed by atoms with Crippen molar-refractivity contribution in [2.24, 2.45) is 0 Å². The number of fused-ring (bicyclic) bond motifs is 1. The molecule has 1 aliphatic heterocycles. The number of piperidine rings is 1. The van der Waals surface area contributed by atoms with Crippen molar-refractivity contribution in [1.82, 2.24) is 15.0 Å². The molecule has 2 N–H and O–H groups in total. The normalized spacial score (nSPS) is 16.5. The van der Waals surface area contributed by atoms with Crippen LogP contribution in [0.1, 0.15) is 34.7 Å². The van der Waals surface area contributed by atoms with E-state index in [-0.39, 0.29) is 5.91 Å². The van der Waals surface area contributed by atoms with Crippen LogP contribution in [0.4, 0.5) is 11.5 Å². The second-order valence-electron chi connectivity index (χ2n) is 7.67. The number of rotatable bonds is 4. The molecule has 4 aromatic rings. The molecule has 6 heteroatoms. The highest BCUT2D eigenvalue weighted by molar-refractivity contribution is 6.04. The largest absolute Gasteiger partial charge is 0.355 e. The number of H-pyrrole nitrogens is 1. The van der Waals surface area contributed by atoms with Gasteiger partial charge in [0.25, 0.3) is 5.91 Å². The van der Waals surface area contributed by atoms with Gasteiger partial charge in [0.05, 0.1) is 5.39 Å². The van der Waals surface area contributed by atoms with E-state index < -0.39 is 0 Å². The Balaban J connectivity index is 1.35. The van der Waals surface area contributed by atoms with Crippen LogP contribution >= 0.6 is 0 Å². The van der Waals surface area contributed by atoms with Crippen LogP contribution in [0, 0.1) is 0 Å². The first-order valence-electron chi connectivity index (χ1n) is 10.3. The van der Waals surface area contributed by atoms with E-state index in [1.165, 1.54) is 5.56 Å². The summed E-state index contributed by atoms with van der Waals surface area (Å²) in [6.07, 6.45) is 5.75. The maximum absolute atomic E-state index is 12.5. The summed E-state index contributed by atoms with van der Waals surface area (Å²) in [6, 6.07) is 19.5. The zero-order valence-corrected chi connectivity index (χ0v) is 16.6. The molecular weight excluding hydrogens is 374 g/mol. The molecule has 0 aliphatic carbocycles. The van der Waals surface area contributed by atoms with Crippen molar-refractivity contribution in [1.29, 1.82) is 0 Å². The summed E-state index contributed by atoms with van der Waals surface area (Å²) in [5.41, 5.74) is 3.59. The topological polar surface area (TPSA) is 73.9 Å². The van der Waals surface area contributed by atoms with Crippen LogP contribution in [-0.4, -0.2) is 33.9 Å². The summed E-state index contributed by atoms with van der Waals surface area (Å²) >= 11 is 0. The van der Waals surface area contributed by atoms with Gasteiger partial charge >= 0.3 is 0 Å². The molecule has 5 rings (SSSR count). The molecule has 30 heavy (non-hydrogen) atoms. The van der Waals surface area contributed by atoms with Gasteiger partial charge in [0.2, 0.25) is 0 Å². The average Bonchev–Trinajstić information content (AvgIpc) is 3.29. The van der Waals surface area contributed by atoms with Crippen LogP contribution in [0.25, 0.3) is 11.0 Å². The maximum atomic E-state index is 12.5. The quantitative estimate of drug-likeness (QED) is 0.528. The van der Waals surface area contributed by atoms with Crippen LogP contribution in [0.3, 0.4) is 0 Å². The molecular formula is C24H23N5O. The smallest absolute Gasteiger partial charge is 0.255 e. The first-order valence-corrected chi connectivity index (χ1v) is 10.3. The third-order valence-electron chi connectivity index (χ3n) is 5.71. The molecule has 2 aromatic heterocycles. The zero-order valence-electron chi connectivity index (χ0n) is 16.6. The molecule has 150 valence electrons. The lowest BCUT2D eigenvalue weighted by atomic mass is 9.90. The molecule has 0 spiro atoms. The zero-order chi connectivity index (χ0) is 20.3. The van der Waals surface area contributed by atoms with Crippen molar-refractivity contribution in [2.75, 3.05) is 23.3 Å². The van der Waals surface area contributed by atoms with E-state index in [4.69, 9.17) is 0 Å². The summed E-state index contributed by atoms with van der Waals surface area (Å²) in [5.74, 6) is 1.28. The van der Waals surface area contributed by atoms with Gasteiger partial charge in [-0.15, -0.1) is 0 Å². The fourth-order valence-corrected chi connectivity index (χ4v) is 4.22. The standard InChI is InChI=1S/C24H23N5O/c30-24(17-6-2-1-3-7-17)28-20-10-4-8-18(14-20)19-9-5-13-29(15-19)23-21-11-12-25-22(21)26-16-27-23/h1-4,6-8,10-12,14,16,19H,5,9,13,15H2,(H,28,30)(H,25,26,27). The molecule has 1 saturated heterocycles. The van der Waals surface area contributed by atoms with Crippen molar-refractivity contribution >= 4 is 28.4 Å². The van der Waals surface area contributed by atoms with Crippen molar-refractivity contribution in [2.45, 2.75) is 18.8 Å². The fourth-order valence-electron chi connectivity index (χ4n) is 4.22. The predicted octanol–water partition coefficient (Wildman–Crippen LogP) is 4.59. The van der Waals surface area contributed by atoms with Crippen molar-refractivity contribution in [3.8, 4) is 0 Å². The van der Waals surface area contributed by atoms with Gasteiger partial charge in [0.15, 0.2) is 0 Å². The highest BCUT2D eigenvalue weighted by Crippen LogP contribution is 2.32. The molecule has 1 atom stereocenters. The summed E-state index contributed by atoms with van der Waals surface area (Å²) in [4.78, 5) is 26.9. The van der Waals surface area contributed by atoms with E-state index in [2.05, 4.69) is 37.3 Å². The Bertz CT molecular complexity index is 1170. The van der Waals surface area contributed by atoms with E-state index in [0.717, 1.165) is 48.5 Å². The Labute approximate surface area is 175 Å². The van der Waals surface area contributed by atoms with Crippen LogP contribution in [0.15, 0.2) is 73.2 Å². The van der Waals surface area contributed by atoms with E-state index in [1.807, 2.05) is 54.7 Å². The van der Waals surface area contributed by atoms with E-state index >= 15 is 0 Å². The van der Waals surface area contributed by atoms with Gasteiger partial charge in [0, 0.05) is 36.5 Å². The molecule has 2 aromatic carbocycles. The molecule has 0 radical (unpaired) electrons. The third-order valence-corrected chi connectivity index (χ3v) is 5.71. The predicted molar refractivity (Wildman–Crippen MR) is 119 cm³/mol.